The Morgan fingerprint density at radius 2 is 1.56 bits per heavy atom. The largest absolute Gasteiger partial charge is 0.352 e. The molecular formula is C18H21F3N2O2. The van der Waals surface area contributed by atoms with Gasteiger partial charge in [0.15, 0.2) is 17.5 Å². The zero-order valence-corrected chi connectivity index (χ0v) is 13.8. The molecule has 0 unspecified atom stereocenters. The first-order valence-electron chi connectivity index (χ1n) is 8.70. The molecule has 2 N–H and O–H groups in total. The Kier molecular flexibility index (Phi) is 5.01. The Balaban J connectivity index is 1.67. The van der Waals surface area contributed by atoms with E-state index in [2.05, 4.69) is 10.6 Å². The Hall–Kier alpha value is -2.05. The third-order valence-electron chi connectivity index (χ3n) is 5.09. The van der Waals surface area contributed by atoms with E-state index in [0.29, 0.717) is 12.8 Å². The molecule has 0 aromatic heterocycles. The van der Waals surface area contributed by atoms with Gasteiger partial charge in [-0.15, -0.1) is 0 Å². The van der Waals surface area contributed by atoms with Gasteiger partial charge in [-0.1, -0.05) is 25.7 Å². The van der Waals surface area contributed by atoms with Crippen LogP contribution in [0.25, 0.3) is 0 Å². The fourth-order valence-electron chi connectivity index (χ4n) is 3.29. The van der Waals surface area contributed by atoms with Crippen molar-refractivity contribution in [2.45, 2.75) is 57.4 Å². The van der Waals surface area contributed by atoms with Crippen LogP contribution in [-0.4, -0.2) is 17.9 Å². The molecule has 0 saturated heterocycles. The molecule has 0 bridgehead atoms. The van der Waals surface area contributed by atoms with Crippen molar-refractivity contribution in [1.82, 2.24) is 5.32 Å². The molecule has 136 valence electrons. The first kappa shape index (κ1) is 17.8. The van der Waals surface area contributed by atoms with Crippen LogP contribution in [0.3, 0.4) is 0 Å². The van der Waals surface area contributed by atoms with Crippen molar-refractivity contribution in [3.63, 3.8) is 0 Å². The second-order valence-corrected chi connectivity index (χ2v) is 6.92. The number of rotatable bonds is 4. The highest BCUT2D eigenvalue weighted by Crippen LogP contribution is 2.47. The van der Waals surface area contributed by atoms with E-state index in [1.54, 1.807) is 0 Å². The van der Waals surface area contributed by atoms with E-state index in [4.69, 9.17) is 0 Å². The summed E-state index contributed by atoms with van der Waals surface area (Å²) >= 11 is 0. The first-order valence-corrected chi connectivity index (χ1v) is 8.70. The van der Waals surface area contributed by atoms with Gasteiger partial charge < -0.3 is 10.6 Å². The van der Waals surface area contributed by atoms with E-state index in [0.717, 1.165) is 50.7 Å². The third-order valence-corrected chi connectivity index (χ3v) is 5.09. The number of amides is 2. The molecule has 0 atom stereocenters. The lowest BCUT2D eigenvalue weighted by atomic mass is 10.0. The number of hydrogen-bond donors (Lipinski definition) is 2. The van der Waals surface area contributed by atoms with E-state index < -0.39 is 34.5 Å². The molecule has 25 heavy (non-hydrogen) atoms. The van der Waals surface area contributed by atoms with Crippen LogP contribution in [0.5, 0.6) is 0 Å². The van der Waals surface area contributed by atoms with E-state index in [9.17, 15) is 22.8 Å². The number of carbonyl (C=O) groups is 2. The molecule has 3 rings (SSSR count). The van der Waals surface area contributed by atoms with Gasteiger partial charge in [-0.3, -0.25) is 9.59 Å². The quantitative estimate of drug-likeness (QED) is 0.492. The molecule has 2 saturated carbocycles. The predicted octanol–water partition coefficient (Wildman–Crippen LogP) is 3.66. The molecule has 2 fully saturated rings. The molecule has 0 heterocycles. The maximum atomic E-state index is 13.7. The molecule has 0 spiro atoms. The summed E-state index contributed by atoms with van der Waals surface area (Å²) in [6, 6.07) is 1.74. The van der Waals surface area contributed by atoms with Gasteiger partial charge >= 0.3 is 0 Å². The van der Waals surface area contributed by atoms with Gasteiger partial charge in [-0.2, -0.15) is 0 Å². The molecule has 2 aliphatic rings. The standard InChI is InChI=1S/C18H21F3N2O2/c19-12-7-8-13(15(21)14(12)20)23-17(25)18(9-10-18)16(24)22-11-5-3-1-2-4-6-11/h7-8,11H,1-6,9-10H2,(H,22,24)(H,23,25). The first-order chi connectivity index (χ1) is 11.9. The maximum Gasteiger partial charge on any atom is 0.240 e. The Labute approximate surface area is 144 Å². The molecule has 7 heteroatoms. The number of benzene rings is 1. The van der Waals surface area contributed by atoms with Crippen LogP contribution in [-0.2, 0) is 9.59 Å². The van der Waals surface area contributed by atoms with Crippen molar-refractivity contribution < 1.29 is 22.8 Å². The summed E-state index contributed by atoms with van der Waals surface area (Å²) in [4.78, 5) is 25.0. The number of halogens is 3. The summed E-state index contributed by atoms with van der Waals surface area (Å²) in [5, 5.41) is 5.17. The molecule has 0 aliphatic heterocycles. The predicted molar refractivity (Wildman–Crippen MR) is 86.2 cm³/mol. The summed E-state index contributed by atoms with van der Waals surface area (Å²) in [6.07, 6.45) is 6.89. The van der Waals surface area contributed by atoms with Crippen LogP contribution in [0.1, 0.15) is 51.4 Å². The van der Waals surface area contributed by atoms with Crippen LogP contribution in [0.4, 0.5) is 18.9 Å². The van der Waals surface area contributed by atoms with Gasteiger partial charge in [0, 0.05) is 6.04 Å². The van der Waals surface area contributed by atoms with Crippen LogP contribution in [0.15, 0.2) is 12.1 Å². The minimum atomic E-state index is -1.65. The second-order valence-electron chi connectivity index (χ2n) is 6.92. The molecular weight excluding hydrogens is 333 g/mol. The molecule has 1 aromatic rings. The highest BCUT2D eigenvalue weighted by Gasteiger charge is 2.57. The van der Waals surface area contributed by atoms with Gasteiger partial charge in [-0.05, 0) is 37.8 Å². The van der Waals surface area contributed by atoms with E-state index >= 15 is 0 Å². The summed E-state index contributed by atoms with van der Waals surface area (Å²) < 4.78 is 40.0. The highest BCUT2D eigenvalue weighted by molar-refractivity contribution is 6.13. The monoisotopic (exact) mass is 354 g/mol. The van der Waals surface area contributed by atoms with Crippen molar-refractivity contribution in [2.24, 2.45) is 5.41 Å². The third kappa shape index (κ3) is 3.65. The SMILES string of the molecule is O=C(Nc1ccc(F)c(F)c1F)C1(C(=O)NC2CCCCCC2)CC1. The lowest BCUT2D eigenvalue weighted by molar-refractivity contribution is -0.134. The fourth-order valence-corrected chi connectivity index (χ4v) is 3.29. The zero-order chi connectivity index (χ0) is 18.0. The minimum Gasteiger partial charge on any atom is -0.352 e. The van der Waals surface area contributed by atoms with E-state index in [1.165, 1.54) is 0 Å². The number of hydrogen-bond acceptors (Lipinski definition) is 2. The van der Waals surface area contributed by atoms with Crippen LogP contribution in [0.2, 0.25) is 0 Å². The van der Waals surface area contributed by atoms with Crippen molar-refractivity contribution in [3.8, 4) is 0 Å². The normalized spacial score (nSPS) is 19.8. The topological polar surface area (TPSA) is 58.2 Å². The number of anilines is 1. The summed E-state index contributed by atoms with van der Waals surface area (Å²) in [5.74, 6) is -5.48. The molecule has 0 radical (unpaired) electrons. The molecule has 1 aromatic carbocycles. The molecule has 4 nitrogen and oxygen atoms in total. The Bertz CT molecular complexity index is 681. The lowest BCUT2D eigenvalue weighted by Crippen LogP contribution is -2.44. The average molecular weight is 354 g/mol. The summed E-state index contributed by atoms with van der Waals surface area (Å²) in [5.41, 5.74) is -1.69. The van der Waals surface area contributed by atoms with Crippen molar-refractivity contribution >= 4 is 17.5 Å². The van der Waals surface area contributed by atoms with E-state index in [-0.39, 0.29) is 11.9 Å². The van der Waals surface area contributed by atoms with Gasteiger partial charge in [0.25, 0.3) is 0 Å². The van der Waals surface area contributed by atoms with Gasteiger partial charge in [0.05, 0.1) is 5.69 Å². The minimum absolute atomic E-state index is 0.0558. The van der Waals surface area contributed by atoms with Crippen LogP contribution >= 0.6 is 0 Å². The molecule has 2 amide bonds. The van der Waals surface area contributed by atoms with Gasteiger partial charge in [-0.25, -0.2) is 13.2 Å². The summed E-state index contributed by atoms with van der Waals surface area (Å²) in [6.45, 7) is 0. The van der Waals surface area contributed by atoms with Crippen LogP contribution in [0, 0.1) is 22.9 Å². The average Bonchev–Trinajstić information content (AvgIpc) is 3.40. The maximum absolute atomic E-state index is 13.7. The smallest absolute Gasteiger partial charge is 0.240 e. The van der Waals surface area contributed by atoms with Crippen LogP contribution < -0.4 is 10.6 Å². The van der Waals surface area contributed by atoms with Crippen molar-refractivity contribution in [3.05, 3.63) is 29.6 Å². The number of nitrogens with one attached hydrogen (secondary N) is 2. The summed E-state index contributed by atoms with van der Waals surface area (Å²) in [7, 11) is 0. The lowest BCUT2D eigenvalue weighted by Gasteiger charge is -2.21. The molecule has 2 aliphatic carbocycles. The highest BCUT2D eigenvalue weighted by atomic mass is 19.2. The van der Waals surface area contributed by atoms with Crippen molar-refractivity contribution in [2.75, 3.05) is 5.32 Å². The van der Waals surface area contributed by atoms with Gasteiger partial charge in [0.2, 0.25) is 11.8 Å². The van der Waals surface area contributed by atoms with Crippen molar-refractivity contribution in [1.29, 1.82) is 0 Å². The van der Waals surface area contributed by atoms with Gasteiger partial charge in [0.1, 0.15) is 5.41 Å². The second kappa shape index (κ2) is 7.06. The Morgan fingerprint density at radius 3 is 2.16 bits per heavy atom. The number of carbonyl (C=O) groups excluding carboxylic acids is 2. The fraction of sp³-hybridized carbons (Fsp3) is 0.556. The van der Waals surface area contributed by atoms with E-state index in [1.807, 2.05) is 0 Å². The zero-order valence-electron chi connectivity index (χ0n) is 13.8. The Morgan fingerprint density at radius 1 is 0.920 bits per heavy atom.